The van der Waals surface area contributed by atoms with Crippen molar-refractivity contribution in [1.29, 1.82) is 0 Å². The highest BCUT2D eigenvalue weighted by atomic mass is 16.3. The van der Waals surface area contributed by atoms with Gasteiger partial charge in [-0.2, -0.15) is 0 Å². The summed E-state index contributed by atoms with van der Waals surface area (Å²) >= 11 is 0. The van der Waals surface area contributed by atoms with Crippen molar-refractivity contribution < 1.29 is 9.21 Å². The number of aryl methyl sites for hydroxylation is 1. The molecule has 5 nitrogen and oxygen atoms in total. The number of rotatable bonds is 6. The van der Waals surface area contributed by atoms with Crippen molar-refractivity contribution in [3.63, 3.8) is 0 Å². The monoisotopic (exact) mass is 390 g/mol. The zero-order chi connectivity index (χ0) is 20.2. The average molecular weight is 390 g/mol. The van der Waals surface area contributed by atoms with Gasteiger partial charge in [-0.3, -0.25) is 14.5 Å². The molecule has 5 heteroatoms. The summed E-state index contributed by atoms with van der Waals surface area (Å²) in [6, 6.07) is 17.0. The molecular formula is C24H26N2O3. The maximum absolute atomic E-state index is 12.7. The zero-order valence-corrected chi connectivity index (χ0v) is 16.7. The lowest BCUT2D eigenvalue weighted by Crippen LogP contribution is -2.37. The first-order chi connectivity index (χ1) is 14.2. The highest BCUT2D eigenvalue weighted by Crippen LogP contribution is 2.25. The molecule has 3 aromatic rings. The topological polar surface area (TPSA) is 62.6 Å². The van der Waals surface area contributed by atoms with Crippen molar-refractivity contribution in [2.24, 2.45) is 0 Å². The Morgan fingerprint density at radius 3 is 2.55 bits per heavy atom. The van der Waals surface area contributed by atoms with E-state index in [2.05, 4.69) is 41.4 Å². The van der Waals surface area contributed by atoms with E-state index in [0.717, 1.165) is 19.5 Å². The minimum atomic E-state index is -0.359. The van der Waals surface area contributed by atoms with Crippen LogP contribution in [0.5, 0.6) is 0 Å². The van der Waals surface area contributed by atoms with E-state index in [0.29, 0.717) is 17.5 Å². The van der Waals surface area contributed by atoms with Crippen molar-refractivity contribution in [3.05, 3.63) is 81.7 Å². The number of likely N-dealkylation sites (tertiary alicyclic amines) is 1. The summed E-state index contributed by atoms with van der Waals surface area (Å²) < 4.78 is 5.67. The molecule has 4 rings (SSSR count). The number of nitrogens with one attached hydrogen (secondary N) is 1. The Hall–Kier alpha value is -2.92. The summed E-state index contributed by atoms with van der Waals surface area (Å²) in [5.41, 5.74) is 2.72. The van der Waals surface area contributed by atoms with Gasteiger partial charge in [0.2, 0.25) is 0 Å². The summed E-state index contributed by atoms with van der Waals surface area (Å²) in [6.07, 6.45) is 3.36. The number of hydrogen-bond acceptors (Lipinski definition) is 4. The van der Waals surface area contributed by atoms with Crippen molar-refractivity contribution in [1.82, 2.24) is 10.2 Å². The van der Waals surface area contributed by atoms with Crippen LogP contribution in [0.1, 0.15) is 47.5 Å². The highest BCUT2D eigenvalue weighted by molar-refractivity contribution is 5.93. The van der Waals surface area contributed by atoms with Gasteiger partial charge in [0.05, 0.1) is 11.4 Å². The Morgan fingerprint density at radius 1 is 1.10 bits per heavy atom. The van der Waals surface area contributed by atoms with E-state index in [-0.39, 0.29) is 23.1 Å². The third-order valence-corrected chi connectivity index (χ3v) is 5.67. The van der Waals surface area contributed by atoms with Gasteiger partial charge in [-0.05, 0) is 55.6 Å². The average Bonchev–Trinajstić information content (AvgIpc) is 3.29. The quantitative estimate of drug-likeness (QED) is 0.693. The predicted molar refractivity (Wildman–Crippen MR) is 114 cm³/mol. The third-order valence-electron chi connectivity index (χ3n) is 5.67. The van der Waals surface area contributed by atoms with Crippen LogP contribution >= 0.6 is 0 Å². The molecule has 0 unspecified atom stereocenters. The van der Waals surface area contributed by atoms with E-state index in [4.69, 9.17) is 4.42 Å². The molecule has 0 radical (unpaired) electrons. The summed E-state index contributed by atoms with van der Waals surface area (Å²) in [7, 11) is 0. The lowest BCUT2D eigenvalue weighted by Gasteiger charge is -2.28. The fourth-order valence-corrected chi connectivity index (χ4v) is 3.98. The van der Waals surface area contributed by atoms with E-state index in [1.54, 1.807) is 24.3 Å². The lowest BCUT2D eigenvalue weighted by atomic mass is 10.0. The number of amides is 1. The molecular weight excluding hydrogens is 364 g/mol. The molecule has 1 fully saturated rings. The number of hydrogen-bond donors (Lipinski definition) is 1. The standard InChI is InChI=1S/C24H26N2O3/c1-2-17-9-11-18(12-10-17)20(26-13-5-6-14-26)16-25-24(28)23-15-21(27)19-7-3-4-8-22(19)29-23/h3-4,7-12,15,20H,2,5-6,13-14,16H2,1H3,(H,25,28)/t20-/m0/s1. The van der Waals surface area contributed by atoms with Crippen LogP contribution in [0.25, 0.3) is 11.0 Å². The van der Waals surface area contributed by atoms with Crippen LogP contribution in [-0.4, -0.2) is 30.4 Å². The van der Waals surface area contributed by atoms with Crippen LogP contribution < -0.4 is 10.7 Å². The molecule has 1 N–H and O–H groups in total. The molecule has 1 saturated heterocycles. The van der Waals surface area contributed by atoms with Crippen LogP contribution in [0.2, 0.25) is 0 Å². The largest absolute Gasteiger partial charge is 0.451 e. The second-order valence-electron chi connectivity index (χ2n) is 7.54. The number of fused-ring (bicyclic) bond motifs is 1. The van der Waals surface area contributed by atoms with Crippen LogP contribution in [-0.2, 0) is 6.42 Å². The molecule has 2 heterocycles. The van der Waals surface area contributed by atoms with Gasteiger partial charge in [-0.15, -0.1) is 0 Å². The van der Waals surface area contributed by atoms with Gasteiger partial charge < -0.3 is 9.73 Å². The Morgan fingerprint density at radius 2 is 1.83 bits per heavy atom. The second kappa shape index (κ2) is 8.62. The molecule has 2 aromatic carbocycles. The van der Waals surface area contributed by atoms with Crippen molar-refractivity contribution >= 4 is 16.9 Å². The Kier molecular flexibility index (Phi) is 5.76. The smallest absolute Gasteiger partial charge is 0.287 e. The summed E-state index contributed by atoms with van der Waals surface area (Å²) in [5, 5.41) is 3.46. The van der Waals surface area contributed by atoms with Gasteiger partial charge in [0.1, 0.15) is 5.58 Å². The molecule has 0 saturated carbocycles. The van der Waals surface area contributed by atoms with Crippen LogP contribution in [0.4, 0.5) is 0 Å². The van der Waals surface area contributed by atoms with Crippen LogP contribution in [0.3, 0.4) is 0 Å². The molecule has 1 aliphatic rings. The van der Waals surface area contributed by atoms with Gasteiger partial charge >= 0.3 is 0 Å². The van der Waals surface area contributed by atoms with Gasteiger partial charge in [0.15, 0.2) is 11.2 Å². The summed E-state index contributed by atoms with van der Waals surface area (Å²) in [6.45, 7) is 4.67. The molecule has 1 aromatic heterocycles. The van der Waals surface area contributed by atoms with Crippen molar-refractivity contribution in [2.75, 3.05) is 19.6 Å². The molecule has 1 aliphatic heterocycles. The van der Waals surface area contributed by atoms with E-state index in [9.17, 15) is 9.59 Å². The lowest BCUT2D eigenvalue weighted by molar-refractivity contribution is 0.0910. The molecule has 1 amide bonds. The number of carbonyl (C=O) groups is 1. The van der Waals surface area contributed by atoms with Crippen LogP contribution in [0.15, 0.2) is 63.8 Å². The second-order valence-corrected chi connectivity index (χ2v) is 7.54. The van der Waals surface area contributed by atoms with E-state index in [1.165, 1.54) is 30.0 Å². The minimum Gasteiger partial charge on any atom is -0.451 e. The molecule has 150 valence electrons. The summed E-state index contributed by atoms with van der Waals surface area (Å²) in [4.78, 5) is 27.4. The Balaban J connectivity index is 1.53. The van der Waals surface area contributed by atoms with Gasteiger partial charge in [-0.25, -0.2) is 0 Å². The molecule has 0 bridgehead atoms. The third kappa shape index (κ3) is 4.25. The number of benzene rings is 2. The van der Waals surface area contributed by atoms with E-state index < -0.39 is 0 Å². The van der Waals surface area contributed by atoms with Gasteiger partial charge in [-0.1, -0.05) is 43.3 Å². The van der Waals surface area contributed by atoms with Gasteiger partial charge in [0.25, 0.3) is 5.91 Å². The maximum Gasteiger partial charge on any atom is 0.287 e. The van der Waals surface area contributed by atoms with E-state index >= 15 is 0 Å². The first-order valence-electron chi connectivity index (χ1n) is 10.3. The normalized spacial score (nSPS) is 15.5. The SMILES string of the molecule is CCc1ccc([C@H](CNC(=O)c2cc(=O)c3ccccc3o2)N2CCCC2)cc1. The molecule has 0 aliphatic carbocycles. The van der Waals surface area contributed by atoms with Crippen molar-refractivity contribution in [2.45, 2.75) is 32.2 Å². The van der Waals surface area contributed by atoms with Gasteiger partial charge in [0, 0.05) is 12.6 Å². The molecule has 1 atom stereocenters. The fourth-order valence-electron chi connectivity index (χ4n) is 3.98. The van der Waals surface area contributed by atoms with Crippen molar-refractivity contribution in [3.8, 4) is 0 Å². The van der Waals surface area contributed by atoms with Crippen LogP contribution in [0, 0.1) is 0 Å². The minimum absolute atomic E-state index is 0.0511. The predicted octanol–water partition coefficient (Wildman–Crippen LogP) is 3.92. The number of para-hydroxylation sites is 1. The molecule has 29 heavy (non-hydrogen) atoms. The summed E-state index contributed by atoms with van der Waals surface area (Å²) in [5.74, 6) is -0.308. The fraction of sp³-hybridized carbons (Fsp3) is 0.333. The first kappa shape index (κ1) is 19.4. The van der Waals surface area contributed by atoms with E-state index in [1.807, 2.05) is 0 Å². The zero-order valence-electron chi connectivity index (χ0n) is 16.7. The molecule has 0 spiro atoms. The maximum atomic E-state index is 12.7. The number of carbonyl (C=O) groups excluding carboxylic acids is 1. The first-order valence-corrected chi connectivity index (χ1v) is 10.3. The Bertz CT molecular complexity index is 1050. The Labute approximate surface area is 170 Å². The highest BCUT2D eigenvalue weighted by Gasteiger charge is 2.24. The number of nitrogens with zero attached hydrogens (tertiary/aromatic N) is 1.